The van der Waals surface area contributed by atoms with Gasteiger partial charge in [0.05, 0.1) is 6.42 Å². The fraction of sp³-hybridized carbons (Fsp3) is 0.368. The van der Waals surface area contributed by atoms with Gasteiger partial charge in [0.1, 0.15) is 0 Å². The number of pyridine rings is 1. The number of aryl methyl sites for hydroxylation is 1. The Labute approximate surface area is 137 Å². The van der Waals surface area contributed by atoms with Crippen molar-refractivity contribution in [2.45, 2.75) is 26.2 Å². The minimum Gasteiger partial charge on any atom is -0.396 e. The molecule has 2 N–H and O–H groups in total. The molecule has 1 aromatic heterocycles. The van der Waals surface area contributed by atoms with Gasteiger partial charge in [-0.25, -0.2) is 0 Å². The Bertz CT molecular complexity index is 597. The number of benzene rings is 1. The molecule has 0 aliphatic carbocycles. The minimum atomic E-state index is -0.0197. The molecular weight excluding hydrogens is 288 g/mol. The molecule has 1 atom stereocenters. The van der Waals surface area contributed by atoms with Crippen LogP contribution < -0.4 is 5.32 Å². The van der Waals surface area contributed by atoms with E-state index < -0.39 is 0 Å². The number of nitrogens with one attached hydrogen (secondary N) is 1. The van der Waals surface area contributed by atoms with Crippen molar-refractivity contribution in [3.63, 3.8) is 0 Å². The van der Waals surface area contributed by atoms with E-state index in [1.165, 1.54) is 5.56 Å². The summed E-state index contributed by atoms with van der Waals surface area (Å²) in [6.07, 6.45) is 3.76. The van der Waals surface area contributed by atoms with Gasteiger partial charge in [-0.2, -0.15) is 0 Å². The summed E-state index contributed by atoms with van der Waals surface area (Å²) in [5.74, 6) is -0.0370. The molecule has 2 rings (SSSR count). The highest BCUT2D eigenvalue weighted by Gasteiger charge is 2.11. The van der Waals surface area contributed by atoms with Crippen molar-refractivity contribution in [3.8, 4) is 0 Å². The number of aromatic nitrogens is 1. The zero-order valence-corrected chi connectivity index (χ0v) is 13.5. The number of aliphatic hydroxyl groups excluding tert-OH is 1. The minimum absolute atomic E-state index is 0.0173. The van der Waals surface area contributed by atoms with Crippen LogP contribution in [0.25, 0.3) is 0 Å². The highest BCUT2D eigenvalue weighted by molar-refractivity contribution is 5.78. The molecule has 0 saturated heterocycles. The van der Waals surface area contributed by atoms with Gasteiger partial charge in [0, 0.05) is 31.0 Å². The number of aliphatic hydroxyl groups is 1. The Kier molecular flexibility index (Phi) is 6.76. The summed E-state index contributed by atoms with van der Waals surface area (Å²) < 4.78 is 0. The van der Waals surface area contributed by atoms with Crippen LogP contribution in [0.5, 0.6) is 0 Å². The molecule has 0 fully saturated rings. The van der Waals surface area contributed by atoms with Gasteiger partial charge in [0.25, 0.3) is 0 Å². The van der Waals surface area contributed by atoms with Gasteiger partial charge in [-0.05, 0) is 36.1 Å². The van der Waals surface area contributed by atoms with Crippen LogP contribution in [0.3, 0.4) is 0 Å². The summed E-state index contributed by atoms with van der Waals surface area (Å²) in [5.41, 5.74) is 3.20. The van der Waals surface area contributed by atoms with Crippen LogP contribution in [0, 0.1) is 5.92 Å². The maximum absolute atomic E-state index is 12.0. The lowest BCUT2D eigenvalue weighted by atomic mass is 10.0. The third kappa shape index (κ3) is 5.83. The maximum atomic E-state index is 12.0. The smallest absolute Gasteiger partial charge is 0.224 e. The summed E-state index contributed by atoms with van der Waals surface area (Å²) in [6, 6.07) is 13.8. The van der Waals surface area contributed by atoms with Gasteiger partial charge in [-0.3, -0.25) is 9.78 Å². The third-order valence-corrected chi connectivity index (χ3v) is 3.87. The number of carbonyl (C=O) groups excluding carboxylic acids is 1. The third-order valence-electron chi connectivity index (χ3n) is 3.87. The van der Waals surface area contributed by atoms with Gasteiger partial charge in [0.15, 0.2) is 0 Å². The molecule has 1 aromatic carbocycles. The highest BCUT2D eigenvalue weighted by atomic mass is 16.3. The van der Waals surface area contributed by atoms with Crippen LogP contribution in [-0.2, 0) is 24.1 Å². The predicted octanol–water partition coefficient (Wildman–Crippen LogP) is 2.15. The quantitative estimate of drug-likeness (QED) is 0.785. The number of nitrogens with zero attached hydrogens (tertiary/aromatic N) is 1. The van der Waals surface area contributed by atoms with E-state index >= 15 is 0 Å². The van der Waals surface area contributed by atoms with E-state index in [1.807, 2.05) is 30.3 Å². The molecule has 4 nitrogen and oxygen atoms in total. The maximum Gasteiger partial charge on any atom is 0.224 e. The normalized spacial score (nSPS) is 11.9. The molecule has 1 heterocycles. The first-order valence-electron chi connectivity index (χ1n) is 8.06. The Morgan fingerprint density at radius 1 is 1.17 bits per heavy atom. The molecule has 2 aromatic rings. The lowest BCUT2D eigenvalue weighted by Gasteiger charge is -2.14. The van der Waals surface area contributed by atoms with Crippen molar-refractivity contribution in [3.05, 3.63) is 65.5 Å². The average molecular weight is 312 g/mol. The van der Waals surface area contributed by atoms with E-state index in [1.54, 1.807) is 6.20 Å². The van der Waals surface area contributed by atoms with E-state index in [-0.39, 0.29) is 18.4 Å². The SMILES string of the molecule is CCc1ccc(CC(=O)NCC(CO)Cc2ccccn2)cc1. The number of amides is 1. The van der Waals surface area contributed by atoms with Gasteiger partial charge >= 0.3 is 0 Å². The van der Waals surface area contributed by atoms with Gasteiger partial charge in [-0.1, -0.05) is 37.3 Å². The van der Waals surface area contributed by atoms with Crippen molar-refractivity contribution < 1.29 is 9.90 Å². The average Bonchev–Trinajstić information content (AvgIpc) is 2.60. The Hall–Kier alpha value is -2.20. The first-order valence-corrected chi connectivity index (χ1v) is 8.06. The molecule has 0 saturated carbocycles. The molecule has 0 bridgehead atoms. The van der Waals surface area contributed by atoms with Crippen LogP contribution in [0.4, 0.5) is 0 Å². The predicted molar refractivity (Wildman–Crippen MR) is 91.1 cm³/mol. The summed E-state index contributed by atoms with van der Waals surface area (Å²) in [5, 5.41) is 12.4. The number of carbonyl (C=O) groups is 1. The zero-order valence-electron chi connectivity index (χ0n) is 13.5. The molecule has 122 valence electrons. The second-order valence-electron chi connectivity index (χ2n) is 5.72. The monoisotopic (exact) mass is 312 g/mol. The molecule has 4 heteroatoms. The van der Waals surface area contributed by atoms with Gasteiger partial charge in [0.2, 0.25) is 5.91 Å². The molecule has 0 aliphatic heterocycles. The van der Waals surface area contributed by atoms with Crippen molar-refractivity contribution in [2.75, 3.05) is 13.2 Å². The second-order valence-corrected chi connectivity index (χ2v) is 5.72. The number of hydrogen-bond donors (Lipinski definition) is 2. The zero-order chi connectivity index (χ0) is 16.5. The Morgan fingerprint density at radius 3 is 2.52 bits per heavy atom. The van der Waals surface area contributed by atoms with Gasteiger partial charge < -0.3 is 10.4 Å². The van der Waals surface area contributed by atoms with Crippen molar-refractivity contribution in [1.82, 2.24) is 10.3 Å². The molecule has 1 amide bonds. The molecule has 23 heavy (non-hydrogen) atoms. The highest BCUT2D eigenvalue weighted by Crippen LogP contribution is 2.07. The molecule has 0 radical (unpaired) electrons. The second kappa shape index (κ2) is 9.06. The van der Waals surface area contributed by atoms with E-state index in [0.29, 0.717) is 19.4 Å². The largest absolute Gasteiger partial charge is 0.396 e. The topological polar surface area (TPSA) is 62.2 Å². The first kappa shape index (κ1) is 17.2. The summed E-state index contributed by atoms with van der Waals surface area (Å²) in [4.78, 5) is 16.3. The molecular formula is C19H24N2O2. The van der Waals surface area contributed by atoms with E-state index in [2.05, 4.69) is 29.4 Å². The van der Waals surface area contributed by atoms with E-state index in [9.17, 15) is 9.90 Å². The Balaban J connectivity index is 1.79. The number of hydrogen-bond acceptors (Lipinski definition) is 3. The van der Waals surface area contributed by atoms with Crippen LogP contribution >= 0.6 is 0 Å². The molecule has 1 unspecified atom stereocenters. The Morgan fingerprint density at radius 2 is 1.91 bits per heavy atom. The van der Waals surface area contributed by atoms with Crippen LogP contribution in [0.2, 0.25) is 0 Å². The lowest BCUT2D eigenvalue weighted by Crippen LogP contribution is -2.33. The standard InChI is InChI=1S/C19H24N2O2/c1-2-15-6-8-16(9-7-15)12-19(23)21-13-17(14-22)11-18-5-3-4-10-20-18/h3-10,17,22H,2,11-14H2,1H3,(H,21,23). The van der Waals surface area contributed by atoms with Crippen molar-refractivity contribution in [2.24, 2.45) is 5.92 Å². The summed E-state index contributed by atoms with van der Waals surface area (Å²) >= 11 is 0. The number of rotatable bonds is 8. The van der Waals surface area contributed by atoms with Gasteiger partial charge in [-0.15, -0.1) is 0 Å². The fourth-order valence-electron chi connectivity index (χ4n) is 2.41. The van der Waals surface area contributed by atoms with E-state index in [4.69, 9.17) is 0 Å². The van der Waals surface area contributed by atoms with Crippen LogP contribution in [0.1, 0.15) is 23.7 Å². The van der Waals surface area contributed by atoms with E-state index in [0.717, 1.165) is 17.7 Å². The first-order chi connectivity index (χ1) is 11.2. The summed E-state index contributed by atoms with van der Waals surface area (Å²) in [7, 11) is 0. The molecule has 0 aliphatic rings. The molecule has 0 spiro atoms. The lowest BCUT2D eigenvalue weighted by molar-refractivity contribution is -0.120. The van der Waals surface area contributed by atoms with Crippen LogP contribution in [0.15, 0.2) is 48.7 Å². The van der Waals surface area contributed by atoms with Crippen molar-refractivity contribution >= 4 is 5.91 Å². The van der Waals surface area contributed by atoms with Crippen molar-refractivity contribution in [1.29, 1.82) is 0 Å². The van der Waals surface area contributed by atoms with Crippen LogP contribution in [-0.4, -0.2) is 29.1 Å². The summed E-state index contributed by atoms with van der Waals surface area (Å²) in [6.45, 7) is 2.60. The fourth-order valence-corrected chi connectivity index (χ4v) is 2.41.